The van der Waals surface area contributed by atoms with Crippen molar-refractivity contribution in [3.63, 3.8) is 0 Å². The van der Waals surface area contributed by atoms with Gasteiger partial charge in [-0.05, 0) is 18.6 Å². The Hall–Kier alpha value is -0.358. The van der Waals surface area contributed by atoms with Gasteiger partial charge in [0.15, 0.2) is 0 Å². The highest BCUT2D eigenvalue weighted by atomic mass is 27.2. The Morgan fingerprint density at radius 3 is 2.54 bits per heavy atom. The molecule has 13 heavy (non-hydrogen) atoms. The molecular formula is C10H12AlFO. The van der Waals surface area contributed by atoms with Crippen LogP contribution in [0.1, 0.15) is 12.8 Å². The fraction of sp³-hybridized carbons (Fsp3) is 0.400. The molecule has 1 aromatic carbocycles. The third-order valence-corrected chi connectivity index (χ3v) is 5.12. The first kappa shape index (κ1) is 9.21. The minimum absolute atomic E-state index is 0.159. The van der Waals surface area contributed by atoms with E-state index in [1.54, 1.807) is 0 Å². The third-order valence-electron chi connectivity index (χ3n) is 2.42. The average molecular weight is 194 g/mol. The van der Waals surface area contributed by atoms with Crippen molar-refractivity contribution in [3.8, 4) is 0 Å². The molecule has 1 aromatic rings. The van der Waals surface area contributed by atoms with E-state index < -0.39 is 14.5 Å². The zero-order chi connectivity index (χ0) is 9.10. The highest BCUT2D eigenvalue weighted by Gasteiger charge is 2.25. The molecule has 0 unspecified atom stereocenters. The SMILES string of the molecule is Fc1cc[c]([Al]2[CH2]CCC[O]2)cc1. The van der Waals surface area contributed by atoms with Crippen LogP contribution in [0.3, 0.4) is 0 Å². The topological polar surface area (TPSA) is 9.23 Å². The molecule has 0 radical (unpaired) electrons. The lowest BCUT2D eigenvalue weighted by atomic mass is 10.3. The first-order chi connectivity index (χ1) is 6.36. The fourth-order valence-electron chi connectivity index (χ4n) is 1.68. The van der Waals surface area contributed by atoms with Gasteiger partial charge in [0.2, 0.25) is 0 Å². The van der Waals surface area contributed by atoms with Crippen molar-refractivity contribution in [3.05, 3.63) is 30.1 Å². The van der Waals surface area contributed by atoms with Crippen LogP contribution in [-0.2, 0) is 3.79 Å². The van der Waals surface area contributed by atoms with Crippen molar-refractivity contribution in [1.29, 1.82) is 0 Å². The number of hydrogen-bond acceptors (Lipinski definition) is 1. The molecule has 1 aliphatic rings. The van der Waals surface area contributed by atoms with Crippen LogP contribution in [0.5, 0.6) is 0 Å². The predicted octanol–water partition coefficient (Wildman–Crippen LogP) is 1.83. The largest absolute Gasteiger partial charge is 0.502 e. The maximum absolute atomic E-state index is 12.6. The van der Waals surface area contributed by atoms with Gasteiger partial charge >= 0.3 is 14.5 Å². The first-order valence-corrected chi connectivity index (χ1v) is 6.60. The molecule has 1 fully saturated rings. The number of rotatable bonds is 1. The number of benzene rings is 1. The molecule has 1 aliphatic heterocycles. The Morgan fingerprint density at radius 2 is 1.92 bits per heavy atom. The molecule has 1 heterocycles. The van der Waals surface area contributed by atoms with Gasteiger partial charge in [0, 0.05) is 6.61 Å². The molecule has 0 aromatic heterocycles. The van der Waals surface area contributed by atoms with Crippen LogP contribution in [0.2, 0.25) is 5.28 Å². The molecular weight excluding hydrogens is 182 g/mol. The van der Waals surface area contributed by atoms with Gasteiger partial charge in [0.25, 0.3) is 0 Å². The van der Waals surface area contributed by atoms with E-state index in [0.717, 1.165) is 6.61 Å². The molecule has 0 spiro atoms. The summed E-state index contributed by atoms with van der Waals surface area (Å²) < 4.78 is 19.6. The molecule has 2 rings (SSSR count). The second-order valence-corrected chi connectivity index (χ2v) is 5.96. The van der Waals surface area contributed by atoms with Gasteiger partial charge in [-0.15, -0.1) is 0 Å². The quantitative estimate of drug-likeness (QED) is 0.620. The molecule has 3 heteroatoms. The van der Waals surface area contributed by atoms with E-state index in [9.17, 15) is 4.39 Å². The zero-order valence-corrected chi connectivity index (χ0v) is 8.66. The predicted molar refractivity (Wildman–Crippen MR) is 51.8 cm³/mol. The van der Waals surface area contributed by atoms with Crippen molar-refractivity contribution in [2.24, 2.45) is 0 Å². The minimum Gasteiger partial charge on any atom is -0.497 e. The Bertz CT molecular complexity index is 267. The molecule has 0 saturated carbocycles. The summed E-state index contributed by atoms with van der Waals surface area (Å²) in [5.41, 5.74) is 0. The van der Waals surface area contributed by atoms with Crippen molar-refractivity contribution in [1.82, 2.24) is 0 Å². The van der Waals surface area contributed by atoms with Crippen LogP contribution in [-0.4, -0.2) is 21.1 Å². The van der Waals surface area contributed by atoms with Gasteiger partial charge in [-0.1, -0.05) is 28.3 Å². The number of halogens is 1. The van der Waals surface area contributed by atoms with Crippen LogP contribution in [0.25, 0.3) is 0 Å². The minimum atomic E-state index is -1.17. The lowest BCUT2D eigenvalue weighted by Gasteiger charge is -2.18. The second-order valence-electron chi connectivity index (χ2n) is 3.41. The smallest absolute Gasteiger partial charge is 0.497 e. The van der Waals surface area contributed by atoms with Crippen LogP contribution in [0.15, 0.2) is 24.3 Å². The highest BCUT2D eigenvalue weighted by molar-refractivity contribution is 6.67. The Kier molecular flexibility index (Phi) is 3.00. The molecule has 0 aliphatic carbocycles. The molecule has 68 valence electrons. The lowest BCUT2D eigenvalue weighted by Crippen LogP contribution is -2.36. The summed E-state index contributed by atoms with van der Waals surface area (Å²) in [4.78, 5) is 0. The molecule has 0 amide bonds. The summed E-state index contributed by atoms with van der Waals surface area (Å²) in [7, 11) is 0. The van der Waals surface area contributed by atoms with E-state index in [-0.39, 0.29) is 5.82 Å². The van der Waals surface area contributed by atoms with Crippen LogP contribution < -0.4 is 4.43 Å². The fourth-order valence-corrected chi connectivity index (χ4v) is 4.11. The van der Waals surface area contributed by atoms with Gasteiger partial charge in [0.1, 0.15) is 5.82 Å². The van der Waals surface area contributed by atoms with E-state index in [2.05, 4.69) is 0 Å². The maximum atomic E-state index is 12.6. The van der Waals surface area contributed by atoms with E-state index >= 15 is 0 Å². The van der Waals surface area contributed by atoms with E-state index in [4.69, 9.17) is 3.79 Å². The van der Waals surface area contributed by atoms with Crippen molar-refractivity contribution in [2.75, 3.05) is 6.61 Å². The normalized spacial score (nSPS) is 17.5. The Morgan fingerprint density at radius 1 is 1.15 bits per heavy atom. The Balaban J connectivity index is 2.10. The Labute approximate surface area is 82.3 Å². The second kappa shape index (κ2) is 4.24. The lowest BCUT2D eigenvalue weighted by molar-refractivity contribution is 0.294. The summed E-state index contributed by atoms with van der Waals surface area (Å²) in [6, 6.07) is 6.80. The van der Waals surface area contributed by atoms with Gasteiger partial charge in [-0.25, -0.2) is 4.39 Å². The monoisotopic (exact) mass is 194 g/mol. The third kappa shape index (κ3) is 2.31. The molecule has 1 nitrogen and oxygen atoms in total. The summed E-state index contributed by atoms with van der Waals surface area (Å²) >= 11 is -1.17. The average Bonchev–Trinajstić information content (AvgIpc) is 2.20. The summed E-state index contributed by atoms with van der Waals surface area (Å²) in [5.74, 6) is -0.159. The van der Waals surface area contributed by atoms with Crippen molar-refractivity contribution < 1.29 is 8.18 Å². The van der Waals surface area contributed by atoms with Crippen LogP contribution in [0, 0.1) is 5.82 Å². The van der Waals surface area contributed by atoms with Gasteiger partial charge in [-0.3, -0.25) is 0 Å². The highest BCUT2D eigenvalue weighted by Crippen LogP contribution is 2.10. The van der Waals surface area contributed by atoms with Crippen molar-refractivity contribution in [2.45, 2.75) is 18.1 Å². The van der Waals surface area contributed by atoms with Gasteiger partial charge < -0.3 is 3.79 Å². The molecule has 0 atom stereocenters. The zero-order valence-electron chi connectivity index (χ0n) is 7.50. The molecule has 0 bridgehead atoms. The summed E-state index contributed by atoms with van der Waals surface area (Å²) in [5, 5.41) is 1.20. The standard InChI is InChI=1S/C6H4F.C4H8O.Al/c7-6-4-2-1-3-5-6;1-2-3-4-5;/h2-5H;1-4H2;/q;-1;+1. The van der Waals surface area contributed by atoms with E-state index in [1.807, 2.05) is 12.1 Å². The maximum Gasteiger partial charge on any atom is 0.502 e. The van der Waals surface area contributed by atoms with E-state index in [0.29, 0.717) is 0 Å². The summed E-state index contributed by atoms with van der Waals surface area (Å²) in [6.07, 6.45) is 2.46. The first-order valence-electron chi connectivity index (χ1n) is 4.73. The van der Waals surface area contributed by atoms with E-state index in [1.165, 1.54) is 34.7 Å². The summed E-state index contributed by atoms with van der Waals surface area (Å²) in [6.45, 7) is 0.897. The van der Waals surface area contributed by atoms with Gasteiger partial charge in [-0.2, -0.15) is 0 Å². The van der Waals surface area contributed by atoms with Crippen LogP contribution >= 0.6 is 0 Å². The van der Waals surface area contributed by atoms with Gasteiger partial charge in [0.05, 0.1) is 0 Å². The van der Waals surface area contributed by atoms with Crippen molar-refractivity contribution >= 4 is 18.9 Å². The molecule has 1 saturated heterocycles. The van der Waals surface area contributed by atoms with Crippen LogP contribution in [0.4, 0.5) is 4.39 Å². The number of hydrogen-bond donors (Lipinski definition) is 0. The molecule has 0 N–H and O–H groups in total.